The van der Waals surface area contributed by atoms with Crippen molar-refractivity contribution in [3.8, 4) is 22.2 Å². The van der Waals surface area contributed by atoms with E-state index < -0.39 is 0 Å². The zero-order valence-corrected chi connectivity index (χ0v) is 15.5. The van der Waals surface area contributed by atoms with Crippen LogP contribution in [0, 0.1) is 0 Å². The number of nitrogens with zero attached hydrogens (tertiary/aromatic N) is 1. The Hall–Kier alpha value is -2.37. The molecule has 4 aromatic rings. The molecular formula is C20H17NO2S2. The number of rotatable bonds is 4. The lowest BCUT2D eigenvalue weighted by molar-refractivity contribution is 0.415. The van der Waals surface area contributed by atoms with Crippen LogP contribution in [0.2, 0.25) is 0 Å². The minimum absolute atomic E-state index is 0.0800. The van der Waals surface area contributed by atoms with Gasteiger partial charge in [0.05, 0.1) is 12.0 Å². The van der Waals surface area contributed by atoms with E-state index in [9.17, 15) is 5.11 Å². The van der Waals surface area contributed by atoms with Crippen LogP contribution in [0.25, 0.3) is 21.3 Å². The van der Waals surface area contributed by atoms with Gasteiger partial charge in [-0.25, -0.2) is 4.98 Å². The van der Waals surface area contributed by atoms with E-state index in [-0.39, 0.29) is 11.8 Å². The molecule has 4 rings (SSSR count). The van der Waals surface area contributed by atoms with E-state index in [1.165, 1.54) is 0 Å². The number of hydrogen-bond acceptors (Lipinski definition) is 5. The molecule has 5 heteroatoms. The second kappa shape index (κ2) is 6.50. The fourth-order valence-corrected chi connectivity index (χ4v) is 4.66. The first kappa shape index (κ1) is 16.1. The summed E-state index contributed by atoms with van der Waals surface area (Å²) in [5.74, 6) is 1.07. The van der Waals surface area contributed by atoms with Crippen molar-refractivity contribution in [1.82, 2.24) is 4.98 Å². The highest BCUT2D eigenvalue weighted by molar-refractivity contribution is 7.16. The number of ether oxygens (including phenoxy) is 1. The van der Waals surface area contributed by atoms with E-state index in [0.29, 0.717) is 0 Å². The summed E-state index contributed by atoms with van der Waals surface area (Å²) in [4.78, 5) is 5.25. The number of thiazole rings is 1. The van der Waals surface area contributed by atoms with Crippen molar-refractivity contribution in [2.24, 2.45) is 0 Å². The van der Waals surface area contributed by atoms with E-state index in [0.717, 1.165) is 37.5 Å². The molecule has 0 amide bonds. The topological polar surface area (TPSA) is 42.4 Å². The molecule has 2 aromatic carbocycles. The molecule has 0 radical (unpaired) electrons. The summed E-state index contributed by atoms with van der Waals surface area (Å²) in [6.07, 6.45) is 0. The maximum absolute atomic E-state index is 10.3. The van der Waals surface area contributed by atoms with Crippen LogP contribution in [-0.2, 0) is 0 Å². The SMILES string of the molecule is COc1ccc2cc(C(C)c3sc(-c4ccsc4)nc3O)ccc2c1. The van der Waals surface area contributed by atoms with Crippen LogP contribution >= 0.6 is 22.7 Å². The van der Waals surface area contributed by atoms with Gasteiger partial charge in [0.15, 0.2) is 0 Å². The molecule has 2 aromatic heterocycles. The van der Waals surface area contributed by atoms with Gasteiger partial charge in [-0.05, 0) is 39.9 Å². The predicted octanol–water partition coefficient (Wildman–Crippen LogP) is 5.89. The Kier molecular flexibility index (Phi) is 4.19. The predicted molar refractivity (Wildman–Crippen MR) is 105 cm³/mol. The third kappa shape index (κ3) is 3.01. The average molecular weight is 367 g/mol. The molecule has 1 N–H and O–H groups in total. The normalized spacial score (nSPS) is 12.4. The quantitative estimate of drug-likeness (QED) is 0.489. The summed E-state index contributed by atoms with van der Waals surface area (Å²) < 4.78 is 5.28. The molecule has 0 saturated heterocycles. The molecule has 0 aliphatic heterocycles. The van der Waals surface area contributed by atoms with Gasteiger partial charge in [-0.1, -0.05) is 31.2 Å². The lowest BCUT2D eigenvalue weighted by Gasteiger charge is -2.11. The van der Waals surface area contributed by atoms with Crippen molar-refractivity contribution in [3.05, 3.63) is 63.7 Å². The Labute approximate surface area is 154 Å². The molecule has 1 unspecified atom stereocenters. The van der Waals surface area contributed by atoms with Crippen molar-refractivity contribution >= 4 is 33.4 Å². The maximum atomic E-state index is 10.3. The van der Waals surface area contributed by atoms with E-state index in [1.54, 1.807) is 29.8 Å². The number of benzene rings is 2. The number of methoxy groups -OCH3 is 1. The minimum atomic E-state index is 0.0800. The highest BCUT2D eigenvalue weighted by Gasteiger charge is 2.19. The Morgan fingerprint density at radius 2 is 1.88 bits per heavy atom. The second-order valence-corrected chi connectivity index (χ2v) is 7.72. The maximum Gasteiger partial charge on any atom is 0.226 e. The molecule has 0 fully saturated rings. The highest BCUT2D eigenvalue weighted by Crippen LogP contribution is 2.40. The second-order valence-electron chi connectivity index (χ2n) is 5.91. The van der Waals surface area contributed by atoms with Crippen LogP contribution in [0.15, 0.2) is 53.2 Å². The monoisotopic (exact) mass is 367 g/mol. The number of fused-ring (bicyclic) bond motifs is 1. The number of thiophene rings is 1. The van der Waals surface area contributed by atoms with Crippen molar-refractivity contribution < 1.29 is 9.84 Å². The van der Waals surface area contributed by atoms with Crippen LogP contribution in [0.5, 0.6) is 11.6 Å². The Bertz CT molecular complexity index is 1020. The third-order valence-corrected chi connectivity index (χ3v) is 6.33. The Morgan fingerprint density at radius 3 is 2.64 bits per heavy atom. The molecule has 25 heavy (non-hydrogen) atoms. The molecule has 3 nitrogen and oxygen atoms in total. The van der Waals surface area contributed by atoms with Crippen molar-refractivity contribution in [3.63, 3.8) is 0 Å². The van der Waals surface area contributed by atoms with Gasteiger partial charge in [0.25, 0.3) is 0 Å². The van der Waals surface area contributed by atoms with Gasteiger partial charge in [0, 0.05) is 16.9 Å². The molecule has 0 aliphatic carbocycles. The van der Waals surface area contributed by atoms with E-state index in [1.807, 2.05) is 23.6 Å². The van der Waals surface area contributed by atoms with Crippen LogP contribution in [0.4, 0.5) is 0 Å². The summed E-state index contributed by atoms with van der Waals surface area (Å²) in [6.45, 7) is 2.11. The first-order valence-electron chi connectivity index (χ1n) is 7.95. The van der Waals surface area contributed by atoms with Gasteiger partial charge in [0.2, 0.25) is 5.88 Å². The molecule has 2 heterocycles. The molecular weight excluding hydrogens is 350 g/mol. The average Bonchev–Trinajstić information content (AvgIpc) is 3.29. The largest absolute Gasteiger partial charge is 0.497 e. The summed E-state index contributed by atoms with van der Waals surface area (Å²) in [5, 5.41) is 17.6. The smallest absolute Gasteiger partial charge is 0.226 e. The fraction of sp³-hybridized carbons (Fsp3) is 0.150. The Balaban J connectivity index is 1.71. The van der Waals surface area contributed by atoms with Crippen LogP contribution in [0.3, 0.4) is 0 Å². The lowest BCUT2D eigenvalue weighted by atomic mass is 9.96. The molecule has 0 bridgehead atoms. The van der Waals surface area contributed by atoms with Crippen molar-refractivity contribution in [1.29, 1.82) is 0 Å². The standard InChI is InChI=1S/C20H17NO2S2/c1-12(18-19(22)21-20(25-18)16-7-8-24-11-16)13-3-4-15-10-17(23-2)6-5-14(15)9-13/h3-12,22H,1-2H3. The summed E-state index contributed by atoms with van der Waals surface area (Å²) >= 11 is 3.19. The minimum Gasteiger partial charge on any atom is -0.497 e. The zero-order valence-electron chi connectivity index (χ0n) is 13.9. The Morgan fingerprint density at radius 1 is 1.08 bits per heavy atom. The van der Waals surface area contributed by atoms with E-state index in [4.69, 9.17) is 4.74 Å². The molecule has 126 valence electrons. The van der Waals surface area contributed by atoms with Crippen LogP contribution in [-0.4, -0.2) is 17.2 Å². The van der Waals surface area contributed by atoms with Gasteiger partial charge >= 0.3 is 0 Å². The lowest BCUT2D eigenvalue weighted by Crippen LogP contribution is -1.94. The third-order valence-electron chi connectivity index (χ3n) is 4.37. The molecule has 0 saturated carbocycles. The van der Waals surface area contributed by atoms with Gasteiger partial charge < -0.3 is 9.84 Å². The number of hydrogen-bond donors (Lipinski definition) is 1. The van der Waals surface area contributed by atoms with Gasteiger partial charge in [0.1, 0.15) is 10.8 Å². The molecule has 0 spiro atoms. The summed E-state index contributed by atoms with van der Waals surface area (Å²) in [5.41, 5.74) is 2.22. The van der Waals surface area contributed by atoms with Gasteiger partial charge in [-0.2, -0.15) is 11.3 Å². The van der Waals surface area contributed by atoms with Crippen molar-refractivity contribution in [2.75, 3.05) is 7.11 Å². The summed E-state index contributed by atoms with van der Waals surface area (Å²) in [7, 11) is 1.68. The number of aromatic nitrogens is 1. The van der Waals surface area contributed by atoms with Crippen LogP contribution < -0.4 is 4.74 Å². The van der Waals surface area contributed by atoms with E-state index >= 15 is 0 Å². The highest BCUT2D eigenvalue weighted by atomic mass is 32.1. The van der Waals surface area contributed by atoms with Crippen LogP contribution in [0.1, 0.15) is 23.3 Å². The first-order valence-corrected chi connectivity index (χ1v) is 9.71. The summed E-state index contributed by atoms with van der Waals surface area (Å²) in [6, 6.07) is 14.5. The van der Waals surface area contributed by atoms with Gasteiger partial charge in [-0.15, -0.1) is 11.3 Å². The number of aromatic hydroxyl groups is 1. The molecule has 1 atom stereocenters. The van der Waals surface area contributed by atoms with Crippen molar-refractivity contribution in [2.45, 2.75) is 12.8 Å². The first-order chi connectivity index (χ1) is 12.2. The van der Waals surface area contributed by atoms with Gasteiger partial charge in [-0.3, -0.25) is 0 Å². The molecule has 0 aliphatic rings. The van der Waals surface area contributed by atoms with E-state index in [2.05, 4.69) is 41.6 Å². The zero-order chi connectivity index (χ0) is 17.4. The fourth-order valence-electron chi connectivity index (χ4n) is 2.91.